The number of hydrogen-bond donors (Lipinski definition) is 2. The molecule has 0 saturated carbocycles. The summed E-state index contributed by atoms with van der Waals surface area (Å²) in [7, 11) is 0. The van der Waals surface area contributed by atoms with Gasteiger partial charge >= 0.3 is 0 Å². The molecule has 1 aromatic rings. The quantitative estimate of drug-likeness (QED) is 0.821. The molecule has 0 saturated heterocycles. The normalized spacial score (nSPS) is 14.0. The minimum Gasteiger partial charge on any atom is -0.454 e. The van der Waals surface area contributed by atoms with Crippen molar-refractivity contribution in [2.24, 2.45) is 0 Å². The Morgan fingerprint density at radius 2 is 1.94 bits per heavy atom. The lowest BCUT2D eigenvalue weighted by Crippen LogP contribution is -2.35. The number of rotatable bonds is 3. The Morgan fingerprint density at radius 3 is 2.56 bits per heavy atom. The van der Waals surface area contributed by atoms with Crippen LogP contribution in [0.2, 0.25) is 0 Å². The summed E-state index contributed by atoms with van der Waals surface area (Å²) in [5.74, 6) is 1.53. The summed E-state index contributed by atoms with van der Waals surface area (Å²) in [5, 5.41) is 12.5. The molecule has 0 aromatic heterocycles. The predicted molar refractivity (Wildman–Crippen MR) is 62.1 cm³/mol. The minimum absolute atomic E-state index is 0.0703. The van der Waals surface area contributed by atoms with E-state index in [-0.39, 0.29) is 18.9 Å². The highest BCUT2D eigenvalue weighted by atomic mass is 16.7. The summed E-state index contributed by atoms with van der Waals surface area (Å²) in [6.45, 7) is 6.23. The van der Waals surface area contributed by atoms with Crippen molar-refractivity contribution < 1.29 is 14.6 Å². The van der Waals surface area contributed by atoms with Crippen LogP contribution in [0, 0.1) is 6.92 Å². The standard InChI is InChI=1S/C12H17NO3/c1-8-4-10-11(16-7-15-10)5-9(8)13-12(2,3)6-14/h4-5,13-14H,6-7H2,1-3H3. The molecule has 1 aromatic carbocycles. The lowest BCUT2D eigenvalue weighted by atomic mass is 10.0. The molecule has 1 heterocycles. The van der Waals surface area contributed by atoms with Crippen molar-refractivity contribution in [1.82, 2.24) is 0 Å². The first-order valence-electron chi connectivity index (χ1n) is 5.31. The molecule has 0 bridgehead atoms. The minimum atomic E-state index is -0.349. The Bertz CT molecular complexity index is 401. The fraction of sp³-hybridized carbons (Fsp3) is 0.500. The highest BCUT2D eigenvalue weighted by Crippen LogP contribution is 2.37. The fourth-order valence-electron chi connectivity index (χ4n) is 1.58. The molecule has 0 unspecified atom stereocenters. The summed E-state index contributed by atoms with van der Waals surface area (Å²) in [4.78, 5) is 0. The van der Waals surface area contributed by atoms with E-state index in [0.717, 1.165) is 22.7 Å². The van der Waals surface area contributed by atoms with Crippen molar-refractivity contribution in [3.8, 4) is 11.5 Å². The van der Waals surface area contributed by atoms with Gasteiger partial charge in [-0.2, -0.15) is 0 Å². The van der Waals surface area contributed by atoms with Gasteiger partial charge in [0, 0.05) is 11.8 Å². The molecular formula is C12H17NO3. The van der Waals surface area contributed by atoms with Crippen molar-refractivity contribution >= 4 is 5.69 Å². The van der Waals surface area contributed by atoms with Crippen molar-refractivity contribution in [3.63, 3.8) is 0 Å². The zero-order valence-corrected chi connectivity index (χ0v) is 9.83. The molecule has 1 aliphatic rings. The number of aliphatic hydroxyl groups is 1. The van der Waals surface area contributed by atoms with E-state index < -0.39 is 0 Å². The largest absolute Gasteiger partial charge is 0.454 e. The van der Waals surface area contributed by atoms with Crippen LogP contribution in [0.4, 0.5) is 5.69 Å². The van der Waals surface area contributed by atoms with Crippen LogP contribution in [-0.2, 0) is 0 Å². The van der Waals surface area contributed by atoms with Gasteiger partial charge in [0.15, 0.2) is 11.5 Å². The predicted octanol–water partition coefficient (Wildman–Crippen LogP) is 1.91. The van der Waals surface area contributed by atoms with Crippen LogP contribution in [0.3, 0.4) is 0 Å². The van der Waals surface area contributed by atoms with Gasteiger partial charge in [-0.3, -0.25) is 0 Å². The van der Waals surface area contributed by atoms with E-state index in [4.69, 9.17) is 9.47 Å². The van der Waals surface area contributed by atoms with Gasteiger partial charge in [-0.05, 0) is 32.4 Å². The third kappa shape index (κ3) is 2.07. The van der Waals surface area contributed by atoms with Gasteiger partial charge in [0.05, 0.1) is 12.1 Å². The van der Waals surface area contributed by atoms with Gasteiger partial charge in [0.2, 0.25) is 6.79 Å². The Morgan fingerprint density at radius 1 is 1.31 bits per heavy atom. The first-order chi connectivity index (χ1) is 7.52. The van der Waals surface area contributed by atoms with Crippen LogP contribution in [0.1, 0.15) is 19.4 Å². The maximum atomic E-state index is 9.22. The number of aryl methyl sites for hydroxylation is 1. The summed E-state index contributed by atoms with van der Waals surface area (Å²) in [6.07, 6.45) is 0. The van der Waals surface area contributed by atoms with E-state index in [2.05, 4.69) is 5.32 Å². The van der Waals surface area contributed by atoms with Gasteiger partial charge in [-0.1, -0.05) is 0 Å². The van der Waals surface area contributed by atoms with Gasteiger partial charge in [-0.25, -0.2) is 0 Å². The Kier molecular flexibility index (Phi) is 2.68. The molecule has 0 radical (unpaired) electrons. The zero-order chi connectivity index (χ0) is 11.8. The summed E-state index contributed by atoms with van der Waals surface area (Å²) < 4.78 is 10.6. The van der Waals surface area contributed by atoms with E-state index in [9.17, 15) is 5.11 Å². The third-order valence-electron chi connectivity index (χ3n) is 2.59. The van der Waals surface area contributed by atoms with Gasteiger partial charge < -0.3 is 19.9 Å². The van der Waals surface area contributed by atoms with Gasteiger partial charge in [-0.15, -0.1) is 0 Å². The Labute approximate surface area is 95.2 Å². The average molecular weight is 223 g/mol. The van der Waals surface area contributed by atoms with E-state index in [0.29, 0.717) is 0 Å². The van der Waals surface area contributed by atoms with Crippen LogP contribution >= 0.6 is 0 Å². The number of benzene rings is 1. The Hall–Kier alpha value is -1.42. The Balaban J connectivity index is 2.28. The summed E-state index contributed by atoms with van der Waals surface area (Å²) >= 11 is 0. The topological polar surface area (TPSA) is 50.7 Å². The van der Waals surface area contributed by atoms with Crippen molar-refractivity contribution in [2.45, 2.75) is 26.3 Å². The lowest BCUT2D eigenvalue weighted by molar-refractivity contribution is 0.174. The van der Waals surface area contributed by atoms with Crippen LogP contribution in [-0.4, -0.2) is 24.0 Å². The number of ether oxygens (including phenoxy) is 2. The van der Waals surface area contributed by atoms with Crippen molar-refractivity contribution in [1.29, 1.82) is 0 Å². The van der Waals surface area contributed by atoms with Gasteiger partial charge in [0.1, 0.15) is 0 Å². The molecule has 0 amide bonds. The molecule has 0 fully saturated rings. The van der Waals surface area contributed by atoms with Crippen LogP contribution in [0.5, 0.6) is 11.5 Å². The molecule has 2 N–H and O–H groups in total. The van der Waals surface area contributed by atoms with Crippen molar-refractivity contribution in [2.75, 3.05) is 18.7 Å². The molecule has 4 nitrogen and oxygen atoms in total. The molecule has 4 heteroatoms. The first-order valence-corrected chi connectivity index (χ1v) is 5.31. The zero-order valence-electron chi connectivity index (χ0n) is 9.83. The fourth-order valence-corrected chi connectivity index (χ4v) is 1.58. The van der Waals surface area contributed by atoms with E-state index >= 15 is 0 Å². The lowest BCUT2D eigenvalue weighted by Gasteiger charge is -2.26. The highest BCUT2D eigenvalue weighted by Gasteiger charge is 2.20. The molecule has 2 rings (SSSR count). The summed E-state index contributed by atoms with van der Waals surface area (Å²) in [5.41, 5.74) is 1.69. The number of hydrogen-bond acceptors (Lipinski definition) is 4. The maximum Gasteiger partial charge on any atom is 0.231 e. The highest BCUT2D eigenvalue weighted by molar-refractivity contribution is 5.61. The summed E-state index contributed by atoms with van der Waals surface area (Å²) in [6, 6.07) is 3.85. The number of anilines is 1. The van der Waals surface area contributed by atoms with Crippen LogP contribution in [0.15, 0.2) is 12.1 Å². The molecule has 88 valence electrons. The van der Waals surface area contributed by atoms with Crippen LogP contribution in [0.25, 0.3) is 0 Å². The molecular weight excluding hydrogens is 206 g/mol. The van der Waals surface area contributed by atoms with E-state index in [1.54, 1.807) is 0 Å². The SMILES string of the molecule is Cc1cc2c(cc1NC(C)(C)CO)OCO2. The number of nitrogens with one attached hydrogen (secondary N) is 1. The molecule has 16 heavy (non-hydrogen) atoms. The second kappa shape index (κ2) is 3.87. The maximum absolute atomic E-state index is 9.22. The van der Waals surface area contributed by atoms with Crippen LogP contribution < -0.4 is 14.8 Å². The molecule has 0 aliphatic carbocycles. The second-order valence-corrected chi connectivity index (χ2v) is 4.69. The van der Waals surface area contributed by atoms with Crippen molar-refractivity contribution in [3.05, 3.63) is 17.7 Å². The monoisotopic (exact) mass is 223 g/mol. The van der Waals surface area contributed by atoms with E-state index in [1.807, 2.05) is 32.9 Å². The number of fused-ring (bicyclic) bond motifs is 1. The molecule has 0 spiro atoms. The van der Waals surface area contributed by atoms with Gasteiger partial charge in [0.25, 0.3) is 0 Å². The first kappa shape index (κ1) is 11.1. The number of aliphatic hydroxyl groups excluding tert-OH is 1. The average Bonchev–Trinajstić information content (AvgIpc) is 2.65. The second-order valence-electron chi connectivity index (χ2n) is 4.69. The molecule has 0 atom stereocenters. The third-order valence-corrected chi connectivity index (χ3v) is 2.59. The smallest absolute Gasteiger partial charge is 0.231 e. The van der Waals surface area contributed by atoms with E-state index in [1.165, 1.54) is 0 Å². The molecule has 1 aliphatic heterocycles.